The van der Waals surface area contributed by atoms with Gasteiger partial charge in [-0.15, -0.1) is 0 Å². The number of carbonyl (C=O) groups is 2. The molecule has 1 amide bonds. The van der Waals surface area contributed by atoms with E-state index >= 15 is 0 Å². The fourth-order valence-electron chi connectivity index (χ4n) is 4.53. The number of carbonyl (C=O) groups excluding carboxylic acids is 2. The summed E-state index contributed by atoms with van der Waals surface area (Å²) in [6, 6.07) is 21.5. The lowest BCUT2D eigenvalue weighted by molar-refractivity contribution is -0.140. The standard InChI is InChI=1S/C32H35NO5/c1-20(2)19-38-27-8-6-7-25(17-27)30(34)28-29(24-13-11-23(12-14-24)21(3)4)33(32(36)31(28)35)18-22-9-15-26(37-5)16-10-22/h6-17,20-21,29,34H,18-19H2,1-5H3/b30-28-. The summed E-state index contributed by atoms with van der Waals surface area (Å²) in [4.78, 5) is 28.3. The van der Waals surface area contributed by atoms with Gasteiger partial charge in [-0.3, -0.25) is 9.59 Å². The Balaban J connectivity index is 1.79. The summed E-state index contributed by atoms with van der Waals surface area (Å²) in [5.74, 6) is 0.403. The highest BCUT2D eigenvalue weighted by Gasteiger charge is 2.46. The number of ether oxygens (including phenoxy) is 2. The van der Waals surface area contributed by atoms with Gasteiger partial charge in [0, 0.05) is 12.1 Å². The first kappa shape index (κ1) is 27.0. The third kappa shape index (κ3) is 5.75. The topological polar surface area (TPSA) is 76.1 Å². The molecule has 0 aromatic heterocycles. The van der Waals surface area contributed by atoms with Crippen LogP contribution in [-0.2, 0) is 16.1 Å². The molecule has 1 aliphatic rings. The van der Waals surface area contributed by atoms with Crippen LogP contribution in [0.5, 0.6) is 11.5 Å². The molecule has 1 saturated heterocycles. The maximum atomic E-state index is 13.4. The average Bonchev–Trinajstić information content (AvgIpc) is 3.17. The molecule has 4 rings (SSSR count). The highest BCUT2D eigenvalue weighted by molar-refractivity contribution is 6.46. The predicted octanol–water partition coefficient (Wildman–Crippen LogP) is 6.48. The van der Waals surface area contributed by atoms with Crippen molar-refractivity contribution in [3.8, 4) is 11.5 Å². The fourth-order valence-corrected chi connectivity index (χ4v) is 4.53. The van der Waals surface area contributed by atoms with Crippen LogP contribution in [0.25, 0.3) is 5.76 Å². The molecule has 1 N–H and O–H groups in total. The zero-order valence-corrected chi connectivity index (χ0v) is 22.6. The van der Waals surface area contributed by atoms with E-state index in [1.807, 2.05) is 54.6 Å². The van der Waals surface area contributed by atoms with Crippen molar-refractivity contribution in [1.82, 2.24) is 4.90 Å². The van der Waals surface area contributed by atoms with E-state index in [9.17, 15) is 14.7 Å². The molecule has 0 saturated carbocycles. The fraction of sp³-hybridized carbons (Fsp3) is 0.312. The molecule has 198 valence electrons. The first-order valence-corrected chi connectivity index (χ1v) is 12.9. The third-order valence-electron chi connectivity index (χ3n) is 6.66. The molecule has 3 aromatic rings. The second-order valence-corrected chi connectivity index (χ2v) is 10.3. The van der Waals surface area contributed by atoms with Gasteiger partial charge in [0.2, 0.25) is 0 Å². The Morgan fingerprint density at radius 2 is 1.61 bits per heavy atom. The number of Topliss-reactive ketones (excluding diaryl/α,β-unsaturated/α-hetero) is 1. The number of ketones is 1. The Kier molecular flexibility index (Phi) is 8.20. The largest absolute Gasteiger partial charge is 0.507 e. The van der Waals surface area contributed by atoms with Gasteiger partial charge in [-0.1, -0.05) is 76.2 Å². The second kappa shape index (κ2) is 11.5. The van der Waals surface area contributed by atoms with E-state index in [1.54, 1.807) is 25.3 Å². The SMILES string of the molecule is COc1ccc(CN2C(=O)C(=O)/C(=C(\O)c3cccc(OCC(C)C)c3)C2c2ccc(C(C)C)cc2)cc1. The molecule has 1 heterocycles. The van der Waals surface area contributed by atoms with E-state index in [0.717, 1.165) is 16.7 Å². The lowest BCUT2D eigenvalue weighted by Crippen LogP contribution is -2.29. The molecule has 6 heteroatoms. The van der Waals surface area contributed by atoms with Crippen molar-refractivity contribution in [1.29, 1.82) is 0 Å². The van der Waals surface area contributed by atoms with Gasteiger partial charge in [0.15, 0.2) is 0 Å². The van der Waals surface area contributed by atoms with E-state index in [4.69, 9.17) is 9.47 Å². The predicted molar refractivity (Wildman–Crippen MR) is 148 cm³/mol. The van der Waals surface area contributed by atoms with Gasteiger partial charge in [0.25, 0.3) is 11.7 Å². The molecule has 1 fully saturated rings. The summed E-state index contributed by atoms with van der Waals surface area (Å²) in [6.45, 7) is 9.06. The van der Waals surface area contributed by atoms with Crippen LogP contribution in [0.15, 0.2) is 78.4 Å². The van der Waals surface area contributed by atoms with Crippen molar-refractivity contribution >= 4 is 17.4 Å². The molecule has 1 unspecified atom stereocenters. The van der Waals surface area contributed by atoms with Gasteiger partial charge < -0.3 is 19.5 Å². The molecule has 6 nitrogen and oxygen atoms in total. The maximum Gasteiger partial charge on any atom is 0.295 e. The number of aliphatic hydroxyl groups excluding tert-OH is 1. The van der Waals surface area contributed by atoms with Crippen LogP contribution in [-0.4, -0.2) is 35.4 Å². The Morgan fingerprint density at radius 3 is 2.21 bits per heavy atom. The summed E-state index contributed by atoms with van der Waals surface area (Å²) < 4.78 is 11.1. The summed E-state index contributed by atoms with van der Waals surface area (Å²) in [5.41, 5.74) is 3.26. The van der Waals surface area contributed by atoms with Crippen LogP contribution in [0.4, 0.5) is 0 Å². The van der Waals surface area contributed by atoms with E-state index in [2.05, 4.69) is 27.7 Å². The monoisotopic (exact) mass is 513 g/mol. The smallest absolute Gasteiger partial charge is 0.295 e. The number of benzene rings is 3. The van der Waals surface area contributed by atoms with Crippen molar-refractivity contribution < 1.29 is 24.2 Å². The van der Waals surface area contributed by atoms with E-state index < -0.39 is 17.7 Å². The van der Waals surface area contributed by atoms with Crippen molar-refractivity contribution in [2.45, 2.75) is 46.2 Å². The molecular weight excluding hydrogens is 478 g/mol. The van der Waals surface area contributed by atoms with E-state index in [0.29, 0.717) is 35.5 Å². The van der Waals surface area contributed by atoms with E-state index in [1.165, 1.54) is 4.90 Å². The van der Waals surface area contributed by atoms with Crippen LogP contribution in [0.1, 0.15) is 61.9 Å². The zero-order valence-electron chi connectivity index (χ0n) is 22.6. The lowest BCUT2D eigenvalue weighted by atomic mass is 9.93. The normalized spacial score (nSPS) is 16.9. The number of rotatable bonds is 9. The summed E-state index contributed by atoms with van der Waals surface area (Å²) in [5, 5.41) is 11.4. The van der Waals surface area contributed by atoms with Gasteiger partial charge >= 0.3 is 0 Å². The number of hydrogen-bond acceptors (Lipinski definition) is 5. The first-order chi connectivity index (χ1) is 18.2. The van der Waals surface area contributed by atoms with Crippen LogP contribution < -0.4 is 9.47 Å². The Morgan fingerprint density at radius 1 is 0.921 bits per heavy atom. The molecule has 0 radical (unpaired) electrons. The number of likely N-dealkylation sites (tertiary alicyclic amines) is 1. The average molecular weight is 514 g/mol. The second-order valence-electron chi connectivity index (χ2n) is 10.3. The molecule has 3 aromatic carbocycles. The van der Waals surface area contributed by atoms with Gasteiger partial charge in [-0.25, -0.2) is 0 Å². The molecule has 1 atom stereocenters. The minimum Gasteiger partial charge on any atom is -0.507 e. The van der Waals surface area contributed by atoms with Crippen molar-refractivity contribution in [3.63, 3.8) is 0 Å². The highest BCUT2D eigenvalue weighted by Crippen LogP contribution is 2.41. The van der Waals surface area contributed by atoms with Crippen LogP contribution in [0, 0.1) is 5.92 Å². The quantitative estimate of drug-likeness (QED) is 0.201. The maximum absolute atomic E-state index is 13.4. The first-order valence-electron chi connectivity index (χ1n) is 12.9. The molecular formula is C32H35NO5. The zero-order chi connectivity index (χ0) is 27.4. The van der Waals surface area contributed by atoms with Gasteiger partial charge in [0.1, 0.15) is 17.3 Å². The number of nitrogens with zero attached hydrogens (tertiary/aromatic N) is 1. The summed E-state index contributed by atoms with van der Waals surface area (Å²) >= 11 is 0. The highest BCUT2D eigenvalue weighted by atomic mass is 16.5. The van der Waals surface area contributed by atoms with E-state index in [-0.39, 0.29) is 17.9 Å². The third-order valence-corrected chi connectivity index (χ3v) is 6.66. The van der Waals surface area contributed by atoms with Crippen LogP contribution >= 0.6 is 0 Å². The van der Waals surface area contributed by atoms with Crippen LogP contribution in [0.3, 0.4) is 0 Å². The molecule has 1 aliphatic heterocycles. The lowest BCUT2D eigenvalue weighted by Gasteiger charge is -2.26. The van der Waals surface area contributed by atoms with Crippen molar-refractivity contribution in [2.75, 3.05) is 13.7 Å². The summed E-state index contributed by atoms with van der Waals surface area (Å²) in [7, 11) is 1.59. The van der Waals surface area contributed by atoms with Gasteiger partial charge in [-0.2, -0.15) is 0 Å². The van der Waals surface area contributed by atoms with Crippen molar-refractivity contribution in [2.24, 2.45) is 5.92 Å². The summed E-state index contributed by atoms with van der Waals surface area (Å²) in [6.07, 6.45) is 0. The van der Waals surface area contributed by atoms with Gasteiger partial charge in [0.05, 0.1) is 25.3 Å². The minimum absolute atomic E-state index is 0.0711. The minimum atomic E-state index is -0.737. The number of aliphatic hydroxyl groups is 1. The Bertz CT molecular complexity index is 1320. The number of hydrogen-bond donors (Lipinski definition) is 1. The molecule has 0 bridgehead atoms. The number of amides is 1. The van der Waals surface area contributed by atoms with Crippen molar-refractivity contribution in [3.05, 3.63) is 101 Å². The van der Waals surface area contributed by atoms with Crippen LogP contribution in [0.2, 0.25) is 0 Å². The Labute approximate surface area is 224 Å². The van der Waals surface area contributed by atoms with Gasteiger partial charge in [-0.05, 0) is 52.8 Å². The molecule has 38 heavy (non-hydrogen) atoms. The Hall–Kier alpha value is -4.06. The molecule has 0 spiro atoms. The number of methoxy groups -OCH3 is 1. The molecule has 0 aliphatic carbocycles.